The minimum Gasteiger partial charge on any atom is -0.380 e. The molecule has 1 heterocycles. The second kappa shape index (κ2) is 6.76. The summed E-state index contributed by atoms with van der Waals surface area (Å²) in [4.78, 5) is 8.18. The molecule has 1 aliphatic rings. The van der Waals surface area contributed by atoms with Crippen molar-refractivity contribution in [3.63, 3.8) is 0 Å². The Hall–Kier alpha value is -1.45. The predicted molar refractivity (Wildman–Crippen MR) is 87.7 cm³/mol. The van der Waals surface area contributed by atoms with Crippen molar-refractivity contribution in [2.45, 2.75) is 44.1 Å². The first-order valence-corrected chi connectivity index (χ1v) is 8.30. The Bertz CT molecular complexity index is 596. The maximum Gasteiger partial charge on any atom is 0.118 e. The molecule has 1 fully saturated rings. The van der Waals surface area contributed by atoms with Crippen LogP contribution in [0.25, 0.3) is 0 Å². The van der Waals surface area contributed by atoms with Crippen molar-refractivity contribution in [1.29, 1.82) is 0 Å². The topological polar surface area (TPSA) is 46.0 Å². The lowest BCUT2D eigenvalue weighted by Crippen LogP contribution is -2.31. The van der Waals surface area contributed by atoms with Crippen LogP contribution >= 0.6 is 11.6 Å². The molecule has 1 unspecified atom stereocenters. The van der Waals surface area contributed by atoms with E-state index in [4.69, 9.17) is 11.6 Å². The van der Waals surface area contributed by atoms with E-state index in [1.54, 1.807) is 12.4 Å². The van der Waals surface area contributed by atoms with Crippen LogP contribution in [0.4, 0.5) is 0 Å². The van der Waals surface area contributed by atoms with Crippen molar-refractivity contribution < 1.29 is 5.11 Å². The highest BCUT2D eigenvalue weighted by atomic mass is 35.5. The number of aliphatic hydroxyl groups is 1. The first-order chi connectivity index (χ1) is 10.7. The first-order valence-electron chi connectivity index (χ1n) is 7.92. The fourth-order valence-corrected chi connectivity index (χ4v) is 3.58. The predicted octanol–water partition coefficient (Wildman–Crippen LogP) is 4.34. The summed E-state index contributed by atoms with van der Waals surface area (Å²) < 4.78 is 0. The average Bonchev–Trinajstić information content (AvgIpc) is 2.57. The second-order valence-corrected chi connectivity index (χ2v) is 6.64. The molecule has 3 rings (SSSR count). The van der Waals surface area contributed by atoms with Gasteiger partial charge in [-0.1, -0.05) is 55.8 Å². The molecule has 1 aromatic carbocycles. The van der Waals surface area contributed by atoms with E-state index in [1.807, 2.05) is 24.3 Å². The summed E-state index contributed by atoms with van der Waals surface area (Å²) in [5, 5.41) is 12.1. The molecule has 1 aromatic heterocycles. The molecular formula is C18H21ClN2O. The summed E-state index contributed by atoms with van der Waals surface area (Å²) in [6.07, 6.45) is 11.8. The lowest BCUT2D eigenvalue weighted by molar-refractivity contribution is 0.0445. The van der Waals surface area contributed by atoms with Crippen LogP contribution in [0, 0.1) is 5.92 Å². The first kappa shape index (κ1) is 15.4. The minimum absolute atomic E-state index is 0.537. The molecule has 1 saturated carbocycles. The van der Waals surface area contributed by atoms with E-state index in [-0.39, 0.29) is 0 Å². The Morgan fingerprint density at radius 2 is 1.64 bits per heavy atom. The van der Waals surface area contributed by atoms with Crippen LogP contribution in [-0.2, 0) is 5.60 Å². The van der Waals surface area contributed by atoms with Gasteiger partial charge in [-0.05, 0) is 30.0 Å². The smallest absolute Gasteiger partial charge is 0.118 e. The Morgan fingerprint density at radius 1 is 1.00 bits per heavy atom. The van der Waals surface area contributed by atoms with E-state index in [0.717, 1.165) is 11.1 Å². The molecule has 2 aromatic rings. The zero-order valence-electron chi connectivity index (χ0n) is 12.6. The maximum absolute atomic E-state index is 11.5. The van der Waals surface area contributed by atoms with Gasteiger partial charge >= 0.3 is 0 Å². The van der Waals surface area contributed by atoms with Crippen LogP contribution in [0.15, 0.2) is 43.0 Å². The Balaban J connectivity index is 1.95. The molecule has 3 nitrogen and oxygen atoms in total. The van der Waals surface area contributed by atoms with Gasteiger partial charge in [0.2, 0.25) is 0 Å². The molecule has 0 amide bonds. The molecular weight excluding hydrogens is 296 g/mol. The maximum atomic E-state index is 11.5. The van der Waals surface area contributed by atoms with Gasteiger partial charge in [0, 0.05) is 23.0 Å². The largest absolute Gasteiger partial charge is 0.380 e. The van der Waals surface area contributed by atoms with Crippen LogP contribution < -0.4 is 0 Å². The third kappa shape index (κ3) is 3.31. The van der Waals surface area contributed by atoms with Gasteiger partial charge in [0.25, 0.3) is 0 Å². The molecule has 22 heavy (non-hydrogen) atoms. The minimum atomic E-state index is -1.05. The molecule has 0 bridgehead atoms. The normalized spacial score (nSPS) is 18.8. The molecule has 1 N–H and O–H groups in total. The number of benzene rings is 1. The SMILES string of the molecule is OC(CC1CCCCC1)(c1ccc(Cl)cc1)c1cncnc1. The molecule has 1 aliphatic carbocycles. The highest BCUT2D eigenvalue weighted by molar-refractivity contribution is 6.30. The third-order valence-electron chi connectivity index (χ3n) is 4.67. The van der Waals surface area contributed by atoms with E-state index in [0.29, 0.717) is 17.4 Å². The number of rotatable bonds is 4. The zero-order chi connectivity index (χ0) is 15.4. The molecule has 4 heteroatoms. The molecule has 0 radical (unpaired) electrons. The van der Waals surface area contributed by atoms with E-state index >= 15 is 0 Å². The molecule has 0 spiro atoms. The van der Waals surface area contributed by atoms with Crippen molar-refractivity contribution in [3.8, 4) is 0 Å². The van der Waals surface area contributed by atoms with Crippen molar-refractivity contribution in [3.05, 3.63) is 59.1 Å². The summed E-state index contributed by atoms with van der Waals surface area (Å²) in [5.41, 5.74) is 0.564. The van der Waals surface area contributed by atoms with Gasteiger partial charge in [-0.3, -0.25) is 0 Å². The molecule has 1 atom stereocenters. The number of halogens is 1. The quantitative estimate of drug-likeness (QED) is 0.912. The molecule has 0 aliphatic heterocycles. The summed E-state index contributed by atoms with van der Waals surface area (Å²) in [6.45, 7) is 0. The zero-order valence-corrected chi connectivity index (χ0v) is 13.3. The standard InChI is InChI=1S/C18H21ClN2O/c19-17-8-6-15(7-9-17)18(22,16-11-20-13-21-12-16)10-14-4-2-1-3-5-14/h6-9,11-14,22H,1-5,10H2. The van der Waals surface area contributed by atoms with E-state index in [9.17, 15) is 5.11 Å². The highest BCUT2D eigenvalue weighted by Gasteiger charge is 2.35. The van der Waals surface area contributed by atoms with Crippen LogP contribution in [-0.4, -0.2) is 15.1 Å². The Morgan fingerprint density at radius 3 is 2.27 bits per heavy atom. The summed E-state index contributed by atoms with van der Waals surface area (Å²) >= 11 is 5.99. The van der Waals surface area contributed by atoms with Crippen LogP contribution in [0.3, 0.4) is 0 Å². The van der Waals surface area contributed by atoms with Gasteiger partial charge in [-0.2, -0.15) is 0 Å². The fourth-order valence-electron chi connectivity index (χ4n) is 3.45. The average molecular weight is 317 g/mol. The van der Waals surface area contributed by atoms with Crippen LogP contribution in [0.1, 0.15) is 49.7 Å². The van der Waals surface area contributed by atoms with Crippen LogP contribution in [0.5, 0.6) is 0 Å². The summed E-state index contributed by atoms with van der Waals surface area (Å²) in [7, 11) is 0. The van der Waals surface area contributed by atoms with E-state index in [2.05, 4.69) is 9.97 Å². The lowest BCUT2D eigenvalue weighted by Gasteiger charge is -2.34. The van der Waals surface area contributed by atoms with E-state index < -0.39 is 5.60 Å². The Kier molecular flexibility index (Phi) is 4.74. The van der Waals surface area contributed by atoms with Gasteiger partial charge < -0.3 is 5.11 Å². The number of nitrogens with zero attached hydrogens (tertiary/aromatic N) is 2. The van der Waals surface area contributed by atoms with E-state index in [1.165, 1.54) is 38.4 Å². The second-order valence-electron chi connectivity index (χ2n) is 6.20. The number of aromatic nitrogens is 2. The summed E-state index contributed by atoms with van der Waals surface area (Å²) in [5.74, 6) is 0.537. The van der Waals surface area contributed by atoms with Gasteiger partial charge in [-0.15, -0.1) is 0 Å². The number of hydrogen-bond acceptors (Lipinski definition) is 3. The molecule has 0 saturated heterocycles. The Labute approximate surface area is 136 Å². The van der Waals surface area contributed by atoms with Crippen molar-refractivity contribution in [2.75, 3.05) is 0 Å². The van der Waals surface area contributed by atoms with Crippen molar-refractivity contribution in [1.82, 2.24) is 9.97 Å². The highest BCUT2D eigenvalue weighted by Crippen LogP contribution is 2.39. The van der Waals surface area contributed by atoms with Crippen molar-refractivity contribution >= 4 is 11.6 Å². The summed E-state index contributed by atoms with van der Waals surface area (Å²) in [6, 6.07) is 7.45. The lowest BCUT2D eigenvalue weighted by atomic mass is 9.75. The van der Waals surface area contributed by atoms with Gasteiger partial charge in [0.1, 0.15) is 11.9 Å². The van der Waals surface area contributed by atoms with Gasteiger partial charge in [-0.25, -0.2) is 9.97 Å². The third-order valence-corrected chi connectivity index (χ3v) is 4.92. The van der Waals surface area contributed by atoms with Crippen molar-refractivity contribution in [2.24, 2.45) is 5.92 Å². The van der Waals surface area contributed by atoms with Gasteiger partial charge in [0.05, 0.1) is 0 Å². The monoisotopic (exact) mass is 316 g/mol. The fraction of sp³-hybridized carbons (Fsp3) is 0.444. The number of hydrogen-bond donors (Lipinski definition) is 1. The molecule has 116 valence electrons. The van der Waals surface area contributed by atoms with Gasteiger partial charge in [0.15, 0.2) is 0 Å². The van der Waals surface area contributed by atoms with Crippen LogP contribution in [0.2, 0.25) is 5.02 Å².